The van der Waals surface area contributed by atoms with Gasteiger partial charge in [0.05, 0.1) is 11.0 Å². The maximum atomic E-state index is 13.8. The summed E-state index contributed by atoms with van der Waals surface area (Å²) in [4.78, 5) is 1.33. The maximum absolute atomic E-state index is 13.8. The van der Waals surface area contributed by atoms with Gasteiger partial charge in [-0.25, -0.2) is 4.39 Å². The Morgan fingerprint density at radius 3 is 2.44 bits per heavy atom. The SMILES string of the molecule is CC(O)c1cccc(F)c1Sc1ccc(Cl)cc1. The first-order chi connectivity index (χ1) is 8.58. The molecule has 0 aliphatic rings. The second-order valence-electron chi connectivity index (χ2n) is 3.89. The Bertz CT molecular complexity index is 540. The third-order valence-electron chi connectivity index (χ3n) is 2.48. The number of aliphatic hydroxyl groups is 1. The predicted molar refractivity (Wildman–Crippen MR) is 72.6 cm³/mol. The van der Waals surface area contributed by atoms with Crippen LogP contribution in [-0.2, 0) is 0 Å². The zero-order chi connectivity index (χ0) is 13.1. The lowest BCUT2D eigenvalue weighted by atomic mass is 10.1. The van der Waals surface area contributed by atoms with E-state index >= 15 is 0 Å². The highest BCUT2D eigenvalue weighted by atomic mass is 35.5. The minimum Gasteiger partial charge on any atom is -0.389 e. The number of aliphatic hydroxyl groups excluding tert-OH is 1. The van der Waals surface area contributed by atoms with Gasteiger partial charge in [-0.3, -0.25) is 0 Å². The normalized spacial score (nSPS) is 12.4. The molecule has 18 heavy (non-hydrogen) atoms. The van der Waals surface area contributed by atoms with Crippen LogP contribution in [0.5, 0.6) is 0 Å². The molecule has 1 nitrogen and oxygen atoms in total. The molecule has 0 heterocycles. The molecule has 0 bridgehead atoms. The Kier molecular flexibility index (Phi) is 4.27. The summed E-state index contributed by atoms with van der Waals surface area (Å²) in [5.74, 6) is -0.326. The monoisotopic (exact) mass is 282 g/mol. The number of hydrogen-bond donors (Lipinski definition) is 1. The second-order valence-corrected chi connectivity index (χ2v) is 5.41. The molecule has 0 aromatic heterocycles. The van der Waals surface area contributed by atoms with E-state index in [1.165, 1.54) is 17.8 Å². The minimum absolute atomic E-state index is 0.326. The summed E-state index contributed by atoms with van der Waals surface area (Å²) in [6, 6.07) is 11.9. The standard InChI is InChI=1S/C14H12ClFOS/c1-9(17)12-3-2-4-13(16)14(12)18-11-7-5-10(15)6-8-11/h2-9,17H,1H3. The largest absolute Gasteiger partial charge is 0.389 e. The van der Waals surface area contributed by atoms with Crippen molar-refractivity contribution in [2.24, 2.45) is 0 Å². The Hall–Kier alpha value is -1.03. The average Bonchev–Trinajstić information content (AvgIpc) is 2.34. The molecule has 94 valence electrons. The average molecular weight is 283 g/mol. The lowest BCUT2D eigenvalue weighted by Crippen LogP contribution is -1.96. The number of benzene rings is 2. The second kappa shape index (κ2) is 5.74. The Labute approximate surface area is 115 Å². The van der Waals surface area contributed by atoms with Gasteiger partial charge in [0.2, 0.25) is 0 Å². The number of halogens is 2. The van der Waals surface area contributed by atoms with Gasteiger partial charge in [-0.05, 0) is 42.8 Å². The van der Waals surface area contributed by atoms with Crippen molar-refractivity contribution in [2.45, 2.75) is 22.8 Å². The molecule has 0 amide bonds. The van der Waals surface area contributed by atoms with E-state index in [0.717, 1.165) is 4.90 Å². The molecule has 1 unspecified atom stereocenters. The van der Waals surface area contributed by atoms with E-state index in [4.69, 9.17) is 11.6 Å². The van der Waals surface area contributed by atoms with Crippen LogP contribution in [-0.4, -0.2) is 5.11 Å². The number of rotatable bonds is 3. The topological polar surface area (TPSA) is 20.2 Å². The van der Waals surface area contributed by atoms with Crippen molar-refractivity contribution in [1.29, 1.82) is 0 Å². The van der Waals surface area contributed by atoms with Crippen molar-refractivity contribution < 1.29 is 9.50 Å². The van der Waals surface area contributed by atoms with Gasteiger partial charge in [-0.15, -0.1) is 0 Å². The van der Waals surface area contributed by atoms with Crippen molar-refractivity contribution >= 4 is 23.4 Å². The van der Waals surface area contributed by atoms with Crippen LogP contribution in [0.3, 0.4) is 0 Å². The molecular formula is C14H12ClFOS. The molecule has 0 radical (unpaired) electrons. The predicted octanol–water partition coefficient (Wildman–Crippen LogP) is 4.68. The number of hydrogen-bond acceptors (Lipinski definition) is 2. The van der Waals surface area contributed by atoms with Gasteiger partial charge in [0.15, 0.2) is 0 Å². The van der Waals surface area contributed by atoms with Gasteiger partial charge >= 0.3 is 0 Å². The molecule has 4 heteroatoms. The van der Waals surface area contributed by atoms with Crippen molar-refractivity contribution in [3.63, 3.8) is 0 Å². The zero-order valence-corrected chi connectivity index (χ0v) is 11.3. The third-order valence-corrected chi connectivity index (χ3v) is 3.88. The van der Waals surface area contributed by atoms with Gasteiger partial charge in [0.1, 0.15) is 5.82 Å². The lowest BCUT2D eigenvalue weighted by molar-refractivity contribution is 0.195. The molecule has 0 saturated carbocycles. The Morgan fingerprint density at radius 2 is 1.83 bits per heavy atom. The molecule has 2 rings (SSSR count). The van der Waals surface area contributed by atoms with Gasteiger partial charge in [-0.1, -0.05) is 35.5 Å². The molecule has 0 saturated heterocycles. The third kappa shape index (κ3) is 3.05. The van der Waals surface area contributed by atoms with Crippen molar-refractivity contribution in [3.05, 3.63) is 58.9 Å². The summed E-state index contributed by atoms with van der Waals surface area (Å²) >= 11 is 7.09. The fourth-order valence-electron chi connectivity index (χ4n) is 1.58. The summed E-state index contributed by atoms with van der Waals surface area (Å²) in [6.07, 6.45) is -0.699. The van der Waals surface area contributed by atoms with E-state index < -0.39 is 6.10 Å². The van der Waals surface area contributed by atoms with E-state index in [-0.39, 0.29) is 5.82 Å². The fraction of sp³-hybridized carbons (Fsp3) is 0.143. The quantitative estimate of drug-likeness (QED) is 0.882. The van der Waals surface area contributed by atoms with Crippen LogP contribution >= 0.6 is 23.4 Å². The van der Waals surface area contributed by atoms with Gasteiger partial charge < -0.3 is 5.11 Å². The fourth-order valence-corrected chi connectivity index (χ4v) is 2.74. The van der Waals surface area contributed by atoms with E-state index in [2.05, 4.69) is 0 Å². The van der Waals surface area contributed by atoms with Crippen molar-refractivity contribution in [2.75, 3.05) is 0 Å². The molecule has 2 aromatic rings. The molecule has 1 atom stereocenters. The summed E-state index contributed by atoms with van der Waals surface area (Å²) < 4.78 is 13.8. The Morgan fingerprint density at radius 1 is 1.17 bits per heavy atom. The summed E-state index contributed by atoms with van der Waals surface area (Å²) in [6.45, 7) is 1.63. The Balaban J connectivity index is 2.36. The first kappa shape index (κ1) is 13.4. The molecule has 0 fully saturated rings. The first-order valence-electron chi connectivity index (χ1n) is 5.48. The van der Waals surface area contributed by atoms with E-state index in [0.29, 0.717) is 15.5 Å². The maximum Gasteiger partial charge on any atom is 0.137 e. The highest BCUT2D eigenvalue weighted by molar-refractivity contribution is 7.99. The molecule has 0 spiro atoms. The van der Waals surface area contributed by atoms with Crippen molar-refractivity contribution in [1.82, 2.24) is 0 Å². The van der Waals surface area contributed by atoms with E-state index in [1.54, 1.807) is 31.2 Å². The van der Waals surface area contributed by atoms with Crippen LogP contribution < -0.4 is 0 Å². The van der Waals surface area contributed by atoms with Gasteiger partial charge in [-0.2, -0.15) is 0 Å². The lowest BCUT2D eigenvalue weighted by Gasteiger charge is -2.12. The summed E-state index contributed by atoms with van der Waals surface area (Å²) in [7, 11) is 0. The van der Waals surface area contributed by atoms with Crippen LogP contribution in [0.15, 0.2) is 52.3 Å². The smallest absolute Gasteiger partial charge is 0.137 e. The molecule has 1 N–H and O–H groups in total. The van der Waals surface area contributed by atoms with Gasteiger partial charge in [0.25, 0.3) is 0 Å². The first-order valence-corrected chi connectivity index (χ1v) is 6.67. The van der Waals surface area contributed by atoms with Crippen LogP contribution in [0.1, 0.15) is 18.6 Å². The van der Waals surface area contributed by atoms with Crippen LogP contribution in [0.2, 0.25) is 5.02 Å². The van der Waals surface area contributed by atoms with Gasteiger partial charge in [0, 0.05) is 9.92 Å². The molecule has 2 aromatic carbocycles. The summed E-state index contributed by atoms with van der Waals surface area (Å²) in [5, 5.41) is 10.3. The molecule has 0 aliphatic heterocycles. The highest BCUT2D eigenvalue weighted by Crippen LogP contribution is 2.35. The highest BCUT2D eigenvalue weighted by Gasteiger charge is 2.13. The zero-order valence-electron chi connectivity index (χ0n) is 9.73. The summed E-state index contributed by atoms with van der Waals surface area (Å²) in [5.41, 5.74) is 0.593. The van der Waals surface area contributed by atoms with Crippen LogP contribution in [0.25, 0.3) is 0 Å². The molecule has 0 aliphatic carbocycles. The minimum atomic E-state index is -0.699. The van der Waals surface area contributed by atoms with Crippen LogP contribution in [0.4, 0.5) is 4.39 Å². The van der Waals surface area contributed by atoms with Crippen molar-refractivity contribution in [3.8, 4) is 0 Å². The van der Waals surface area contributed by atoms with E-state index in [1.807, 2.05) is 12.1 Å². The van der Waals surface area contributed by atoms with Crippen LogP contribution in [0, 0.1) is 5.82 Å². The van der Waals surface area contributed by atoms with E-state index in [9.17, 15) is 9.50 Å². The molecular weight excluding hydrogens is 271 g/mol.